The van der Waals surface area contributed by atoms with Crippen molar-refractivity contribution in [3.63, 3.8) is 0 Å². The number of carbonyl (C=O) groups excluding carboxylic acids is 1. The van der Waals surface area contributed by atoms with Crippen molar-refractivity contribution in [1.29, 1.82) is 0 Å². The molecule has 1 N–H and O–H groups in total. The summed E-state index contributed by atoms with van der Waals surface area (Å²) in [6.07, 6.45) is 3.55. The number of carbonyl (C=O) groups is 1. The van der Waals surface area contributed by atoms with E-state index in [1.807, 2.05) is 33.8 Å². The van der Waals surface area contributed by atoms with Gasteiger partial charge >= 0.3 is 6.09 Å². The maximum Gasteiger partial charge on any atom is 0.410 e. The van der Waals surface area contributed by atoms with Crippen LogP contribution in [0.25, 0.3) is 0 Å². The van der Waals surface area contributed by atoms with Crippen LogP contribution < -0.4 is 5.32 Å². The van der Waals surface area contributed by atoms with Gasteiger partial charge in [0.2, 0.25) is 0 Å². The van der Waals surface area contributed by atoms with E-state index in [4.69, 9.17) is 9.15 Å². The summed E-state index contributed by atoms with van der Waals surface area (Å²) in [5, 5.41) is 3.47. The number of furan rings is 1. The number of piperidine rings is 1. The zero-order chi connectivity index (χ0) is 15.5. The maximum absolute atomic E-state index is 12.1. The van der Waals surface area contributed by atoms with Crippen LogP contribution in [0.4, 0.5) is 4.79 Å². The molecule has 21 heavy (non-hydrogen) atoms. The van der Waals surface area contributed by atoms with Crippen molar-refractivity contribution in [2.45, 2.75) is 58.7 Å². The van der Waals surface area contributed by atoms with Crippen LogP contribution in [0.5, 0.6) is 0 Å². The average molecular weight is 294 g/mol. The van der Waals surface area contributed by atoms with Gasteiger partial charge in [-0.15, -0.1) is 0 Å². The van der Waals surface area contributed by atoms with E-state index in [1.165, 1.54) is 0 Å². The Bertz CT molecular complexity index is 476. The van der Waals surface area contributed by atoms with Crippen LogP contribution in [0, 0.1) is 6.92 Å². The molecule has 0 aliphatic carbocycles. The highest BCUT2D eigenvalue weighted by Crippen LogP contribution is 2.16. The third-order valence-electron chi connectivity index (χ3n) is 3.59. The monoisotopic (exact) mass is 294 g/mol. The summed E-state index contributed by atoms with van der Waals surface area (Å²) < 4.78 is 10.9. The number of rotatable bonds is 3. The van der Waals surface area contributed by atoms with E-state index in [0.717, 1.165) is 30.7 Å². The normalized spacial score (nSPS) is 19.6. The first-order valence-electron chi connectivity index (χ1n) is 7.59. The molecular weight excluding hydrogens is 268 g/mol. The Morgan fingerprint density at radius 3 is 2.90 bits per heavy atom. The van der Waals surface area contributed by atoms with Crippen molar-refractivity contribution < 1.29 is 13.9 Å². The molecule has 0 spiro atoms. The van der Waals surface area contributed by atoms with Crippen molar-refractivity contribution in [2.75, 3.05) is 13.1 Å². The minimum atomic E-state index is -0.442. The van der Waals surface area contributed by atoms with Gasteiger partial charge in [-0.25, -0.2) is 4.79 Å². The fourth-order valence-electron chi connectivity index (χ4n) is 2.46. The van der Waals surface area contributed by atoms with Crippen LogP contribution in [0.2, 0.25) is 0 Å². The highest BCUT2D eigenvalue weighted by Gasteiger charge is 2.27. The lowest BCUT2D eigenvalue weighted by atomic mass is 10.1. The molecule has 1 saturated heterocycles. The minimum Gasteiger partial charge on any atom is -0.468 e. The average Bonchev–Trinajstić information content (AvgIpc) is 2.80. The molecule has 1 aliphatic rings. The number of nitrogens with one attached hydrogen (secondary N) is 1. The third-order valence-corrected chi connectivity index (χ3v) is 3.59. The number of ether oxygens (including phenoxy) is 1. The highest BCUT2D eigenvalue weighted by molar-refractivity contribution is 5.68. The molecule has 1 atom stereocenters. The molecule has 1 aliphatic heterocycles. The molecule has 1 fully saturated rings. The fraction of sp³-hybridized carbons (Fsp3) is 0.688. The zero-order valence-corrected chi connectivity index (χ0v) is 13.4. The quantitative estimate of drug-likeness (QED) is 0.931. The molecule has 1 unspecified atom stereocenters. The van der Waals surface area contributed by atoms with Crippen LogP contribution in [0.3, 0.4) is 0 Å². The van der Waals surface area contributed by atoms with E-state index < -0.39 is 5.60 Å². The largest absolute Gasteiger partial charge is 0.468 e. The molecular formula is C16H26N2O3. The first-order valence-corrected chi connectivity index (χ1v) is 7.59. The van der Waals surface area contributed by atoms with Crippen LogP contribution in [-0.2, 0) is 11.3 Å². The van der Waals surface area contributed by atoms with Crippen molar-refractivity contribution in [2.24, 2.45) is 0 Å². The van der Waals surface area contributed by atoms with E-state index >= 15 is 0 Å². The molecule has 2 heterocycles. The van der Waals surface area contributed by atoms with Crippen LogP contribution in [-0.4, -0.2) is 35.7 Å². The van der Waals surface area contributed by atoms with E-state index in [9.17, 15) is 4.79 Å². The number of aryl methyl sites for hydroxylation is 1. The SMILES string of the molecule is Cc1ccoc1CNC1CCCN(C(=O)OC(C)(C)C)C1. The van der Waals surface area contributed by atoms with E-state index in [1.54, 1.807) is 11.2 Å². The Hall–Kier alpha value is -1.49. The number of likely N-dealkylation sites (tertiary alicyclic amines) is 1. The molecule has 1 aromatic rings. The Labute approximate surface area is 126 Å². The molecule has 5 nitrogen and oxygen atoms in total. The van der Waals surface area contributed by atoms with Crippen molar-refractivity contribution >= 4 is 6.09 Å². The second kappa shape index (κ2) is 6.52. The number of amides is 1. The van der Waals surface area contributed by atoms with Crippen LogP contribution in [0.1, 0.15) is 44.9 Å². The van der Waals surface area contributed by atoms with Gasteiger partial charge in [0.1, 0.15) is 11.4 Å². The van der Waals surface area contributed by atoms with E-state index in [0.29, 0.717) is 13.1 Å². The first kappa shape index (κ1) is 15.9. The van der Waals surface area contributed by atoms with Crippen LogP contribution >= 0.6 is 0 Å². The molecule has 2 rings (SSSR count). The first-order chi connectivity index (χ1) is 9.85. The Morgan fingerprint density at radius 2 is 2.29 bits per heavy atom. The molecule has 0 bridgehead atoms. The molecule has 1 amide bonds. The predicted octanol–water partition coefficient (Wildman–Crippen LogP) is 3.08. The van der Waals surface area contributed by atoms with Gasteiger partial charge < -0.3 is 19.4 Å². The second-order valence-electron chi connectivity index (χ2n) is 6.67. The standard InChI is InChI=1S/C16H26N2O3/c1-12-7-9-20-14(12)10-17-13-6-5-8-18(11-13)15(19)21-16(2,3)4/h7,9,13,17H,5-6,8,10-11H2,1-4H3. The van der Waals surface area contributed by atoms with Crippen molar-refractivity contribution in [3.05, 3.63) is 23.7 Å². The molecule has 0 aromatic carbocycles. The van der Waals surface area contributed by atoms with Gasteiger partial charge in [0.25, 0.3) is 0 Å². The lowest BCUT2D eigenvalue weighted by molar-refractivity contribution is 0.0186. The van der Waals surface area contributed by atoms with Gasteiger partial charge in [-0.05, 0) is 52.2 Å². The number of nitrogens with zero attached hydrogens (tertiary/aromatic N) is 1. The van der Waals surface area contributed by atoms with Crippen molar-refractivity contribution in [3.8, 4) is 0 Å². The van der Waals surface area contributed by atoms with E-state index in [2.05, 4.69) is 5.32 Å². The van der Waals surface area contributed by atoms with Gasteiger partial charge in [0.15, 0.2) is 0 Å². The van der Waals surface area contributed by atoms with Gasteiger partial charge in [-0.1, -0.05) is 0 Å². The summed E-state index contributed by atoms with van der Waals surface area (Å²) in [6.45, 7) is 9.88. The summed E-state index contributed by atoms with van der Waals surface area (Å²) in [5.41, 5.74) is 0.713. The number of hydrogen-bond acceptors (Lipinski definition) is 4. The Balaban J connectivity index is 1.83. The van der Waals surface area contributed by atoms with Gasteiger partial charge in [0.05, 0.1) is 12.8 Å². The molecule has 118 valence electrons. The summed E-state index contributed by atoms with van der Waals surface area (Å²) >= 11 is 0. The second-order valence-corrected chi connectivity index (χ2v) is 6.67. The Kier molecular flexibility index (Phi) is 4.93. The molecule has 1 aromatic heterocycles. The summed E-state index contributed by atoms with van der Waals surface area (Å²) in [5.74, 6) is 0.962. The summed E-state index contributed by atoms with van der Waals surface area (Å²) in [7, 11) is 0. The molecule has 0 saturated carbocycles. The highest BCUT2D eigenvalue weighted by atomic mass is 16.6. The smallest absolute Gasteiger partial charge is 0.410 e. The summed E-state index contributed by atoms with van der Waals surface area (Å²) in [4.78, 5) is 13.9. The predicted molar refractivity (Wildman–Crippen MR) is 81.1 cm³/mol. The molecule has 5 heteroatoms. The van der Waals surface area contributed by atoms with Gasteiger partial charge in [0, 0.05) is 19.1 Å². The van der Waals surface area contributed by atoms with Gasteiger partial charge in [-0.2, -0.15) is 0 Å². The number of hydrogen-bond donors (Lipinski definition) is 1. The summed E-state index contributed by atoms with van der Waals surface area (Å²) in [6, 6.07) is 2.25. The van der Waals surface area contributed by atoms with Gasteiger partial charge in [-0.3, -0.25) is 0 Å². The van der Waals surface area contributed by atoms with E-state index in [-0.39, 0.29) is 12.1 Å². The topological polar surface area (TPSA) is 54.7 Å². The fourth-order valence-corrected chi connectivity index (χ4v) is 2.46. The maximum atomic E-state index is 12.1. The third kappa shape index (κ3) is 4.77. The molecule has 0 radical (unpaired) electrons. The Morgan fingerprint density at radius 1 is 1.52 bits per heavy atom. The minimum absolute atomic E-state index is 0.219. The van der Waals surface area contributed by atoms with Crippen molar-refractivity contribution in [1.82, 2.24) is 10.2 Å². The lowest BCUT2D eigenvalue weighted by Gasteiger charge is -2.34. The lowest BCUT2D eigenvalue weighted by Crippen LogP contribution is -2.49. The van der Waals surface area contributed by atoms with Crippen LogP contribution in [0.15, 0.2) is 16.7 Å². The zero-order valence-electron chi connectivity index (χ0n) is 13.4.